The topological polar surface area (TPSA) is 57.6 Å². The van der Waals surface area contributed by atoms with Gasteiger partial charge in [-0.3, -0.25) is 14.5 Å². The van der Waals surface area contributed by atoms with Gasteiger partial charge in [-0.15, -0.1) is 23.2 Å². The van der Waals surface area contributed by atoms with Crippen LogP contribution in [0.3, 0.4) is 0 Å². The number of amides is 2. The van der Waals surface area contributed by atoms with Gasteiger partial charge in [0.2, 0.25) is 0 Å². The zero-order valence-corrected chi connectivity index (χ0v) is 13.9. The Hall–Kier alpha value is -1.78. The normalized spacial score (nSPS) is 33.4. The largest absolute Gasteiger partial charge is 0.508 e. The molecule has 1 aliphatic heterocycles. The molecule has 1 saturated heterocycles. The van der Waals surface area contributed by atoms with Gasteiger partial charge in [-0.2, -0.15) is 0 Å². The lowest BCUT2D eigenvalue weighted by molar-refractivity contribution is -0.137. The summed E-state index contributed by atoms with van der Waals surface area (Å²) in [5.74, 6) is -1.55. The highest BCUT2D eigenvalue weighted by Crippen LogP contribution is 2.58. The number of hydrogen-bond donors (Lipinski definition) is 1. The van der Waals surface area contributed by atoms with Crippen LogP contribution in [0, 0.1) is 0 Å². The van der Waals surface area contributed by atoms with Gasteiger partial charge in [0.1, 0.15) is 5.75 Å². The summed E-state index contributed by atoms with van der Waals surface area (Å²) in [5, 5.41) is 9.49. The van der Waals surface area contributed by atoms with E-state index >= 15 is 0 Å². The number of nitrogens with zero attached hydrogens (tertiary/aromatic N) is 1. The molecule has 0 bridgehead atoms. The molecular formula is C17H15Cl2NO3. The molecule has 120 valence electrons. The third kappa shape index (κ3) is 1.91. The van der Waals surface area contributed by atoms with Gasteiger partial charge in [0.15, 0.2) is 9.75 Å². The Bertz CT molecular complexity index is 743. The van der Waals surface area contributed by atoms with Gasteiger partial charge in [-0.25, -0.2) is 0 Å². The second kappa shape index (κ2) is 5.11. The van der Waals surface area contributed by atoms with Crippen LogP contribution >= 0.6 is 23.2 Å². The molecule has 6 heteroatoms. The van der Waals surface area contributed by atoms with E-state index in [9.17, 15) is 14.7 Å². The van der Waals surface area contributed by atoms with Gasteiger partial charge in [0.25, 0.3) is 11.8 Å². The minimum Gasteiger partial charge on any atom is -0.508 e. The van der Waals surface area contributed by atoms with Crippen molar-refractivity contribution in [1.82, 2.24) is 4.90 Å². The number of hydrogen-bond acceptors (Lipinski definition) is 3. The first-order chi connectivity index (χ1) is 10.8. The fourth-order valence-corrected chi connectivity index (χ4v) is 4.34. The van der Waals surface area contributed by atoms with Crippen LogP contribution in [0.2, 0.25) is 0 Å². The van der Waals surface area contributed by atoms with Crippen molar-refractivity contribution in [2.75, 3.05) is 7.05 Å². The van der Waals surface area contributed by atoms with Crippen molar-refractivity contribution in [2.24, 2.45) is 0 Å². The van der Waals surface area contributed by atoms with E-state index in [1.54, 1.807) is 24.3 Å². The summed E-state index contributed by atoms with van der Waals surface area (Å²) in [7, 11) is 1.39. The molecule has 1 aromatic carbocycles. The third-order valence-electron chi connectivity index (χ3n) is 4.65. The summed E-state index contributed by atoms with van der Waals surface area (Å²) < 4.78 is 0. The van der Waals surface area contributed by atoms with Crippen LogP contribution in [-0.2, 0) is 9.59 Å². The van der Waals surface area contributed by atoms with E-state index in [1.165, 1.54) is 19.2 Å². The molecule has 1 fully saturated rings. The molecule has 1 N–H and O–H groups in total. The number of fused-ring (bicyclic) bond motifs is 1. The predicted octanol–water partition coefficient (Wildman–Crippen LogP) is 2.95. The molecule has 4 nitrogen and oxygen atoms in total. The Morgan fingerprint density at radius 3 is 2.43 bits per heavy atom. The average molecular weight is 352 g/mol. The lowest BCUT2D eigenvalue weighted by Crippen LogP contribution is -2.54. The molecule has 1 aliphatic carbocycles. The van der Waals surface area contributed by atoms with E-state index < -0.39 is 27.5 Å². The molecule has 2 amide bonds. The van der Waals surface area contributed by atoms with Crippen LogP contribution < -0.4 is 0 Å². The van der Waals surface area contributed by atoms with Gasteiger partial charge < -0.3 is 5.11 Å². The molecule has 0 aromatic heterocycles. The van der Waals surface area contributed by atoms with Crippen molar-refractivity contribution in [1.29, 1.82) is 0 Å². The second-order valence-corrected chi connectivity index (χ2v) is 7.06. The standard InChI is InChI=1S/C17H15Cl2NO3/c1-3-10-8-9-16(18)14(22)20(2)15(23)17(16,19)13(10)11-4-6-12(21)7-5-11/h3-8,13,21H,1,9H2,2H3. The highest BCUT2D eigenvalue weighted by Gasteiger charge is 2.71. The number of alkyl halides is 2. The number of benzene rings is 1. The molecule has 2 aliphatic rings. The van der Waals surface area contributed by atoms with Crippen molar-refractivity contribution in [3.63, 3.8) is 0 Å². The molecule has 3 rings (SSSR count). The molecule has 3 atom stereocenters. The number of imide groups is 1. The Balaban J connectivity index is 2.26. The van der Waals surface area contributed by atoms with Crippen molar-refractivity contribution < 1.29 is 14.7 Å². The van der Waals surface area contributed by atoms with E-state index in [0.717, 1.165) is 10.5 Å². The SMILES string of the molecule is C=CC1=CCC2(Cl)C(=O)N(C)C(=O)C2(Cl)C1c1ccc(O)cc1. The molecule has 1 heterocycles. The molecule has 0 radical (unpaired) electrons. The van der Waals surface area contributed by atoms with Crippen LogP contribution in [0.4, 0.5) is 0 Å². The van der Waals surface area contributed by atoms with Gasteiger partial charge in [-0.1, -0.05) is 30.9 Å². The van der Waals surface area contributed by atoms with Gasteiger partial charge in [-0.05, 0) is 29.7 Å². The molecule has 0 spiro atoms. The van der Waals surface area contributed by atoms with E-state index in [0.29, 0.717) is 5.56 Å². The number of rotatable bonds is 2. The maximum atomic E-state index is 12.8. The lowest BCUT2D eigenvalue weighted by Gasteiger charge is -2.42. The molecular weight excluding hydrogens is 337 g/mol. The first kappa shape index (κ1) is 16.1. The minimum absolute atomic E-state index is 0.0976. The smallest absolute Gasteiger partial charge is 0.253 e. The van der Waals surface area contributed by atoms with Gasteiger partial charge in [0, 0.05) is 13.0 Å². The monoisotopic (exact) mass is 351 g/mol. The average Bonchev–Trinajstić information content (AvgIpc) is 2.68. The summed E-state index contributed by atoms with van der Waals surface area (Å²) >= 11 is 13.4. The van der Waals surface area contributed by atoms with Gasteiger partial charge in [0.05, 0.1) is 0 Å². The maximum Gasteiger partial charge on any atom is 0.253 e. The van der Waals surface area contributed by atoms with E-state index in [-0.39, 0.29) is 12.2 Å². The predicted molar refractivity (Wildman–Crippen MR) is 88.7 cm³/mol. The number of carbonyl (C=O) groups excluding carboxylic acids is 2. The Morgan fingerprint density at radius 1 is 1.26 bits per heavy atom. The number of likely N-dealkylation sites (tertiary alicyclic amines) is 1. The number of halogens is 2. The summed E-state index contributed by atoms with van der Waals surface area (Å²) in [4.78, 5) is 23.1. The summed E-state index contributed by atoms with van der Waals surface area (Å²) in [6.45, 7) is 3.78. The van der Waals surface area contributed by atoms with Crippen molar-refractivity contribution in [3.8, 4) is 5.75 Å². The lowest BCUT2D eigenvalue weighted by atomic mass is 9.68. The second-order valence-electron chi connectivity index (χ2n) is 5.82. The number of phenolic OH excluding ortho intramolecular Hbond substituents is 1. The quantitative estimate of drug-likeness (QED) is 0.658. The Morgan fingerprint density at radius 2 is 1.87 bits per heavy atom. The highest BCUT2D eigenvalue weighted by atomic mass is 35.5. The first-order valence-corrected chi connectivity index (χ1v) is 7.84. The van der Waals surface area contributed by atoms with Crippen LogP contribution in [0.15, 0.2) is 48.6 Å². The fraction of sp³-hybridized carbons (Fsp3) is 0.294. The van der Waals surface area contributed by atoms with Crippen molar-refractivity contribution in [3.05, 3.63) is 54.1 Å². The maximum absolute atomic E-state index is 12.8. The minimum atomic E-state index is -1.63. The number of aromatic hydroxyl groups is 1. The summed E-state index contributed by atoms with van der Waals surface area (Å²) in [6, 6.07) is 6.35. The third-order valence-corrected chi connectivity index (χ3v) is 6.06. The van der Waals surface area contributed by atoms with Crippen molar-refractivity contribution in [2.45, 2.75) is 22.1 Å². The Kier molecular flexibility index (Phi) is 3.58. The number of phenols is 1. The summed E-state index contributed by atoms with van der Waals surface area (Å²) in [6.07, 6.45) is 3.57. The fourth-order valence-electron chi connectivity index (χ4n) is 3.41. The van der Waals surface area contributed by atoms with Gasteiger partial charge >= 0.3 is 0 Å². The van der Waals surface area contributed by atoms with E-state index in [1.807, 2.05) is 0 Å². The number of carbonyl (C=O) groups is 2. The highest BCUT2D eigenvalue weighted by molar-refractivity contribution is 6.53. The van der Waals surface area contributed by atoms with Crippen LogP contribution in [-0.4, -0.2) is 38.6 Å². The first-order valence-electron chi connectivity index (χ1n) is 7.09. The molecule has 1 aromatic rings. The zero-order valence-electron chi connectivity index (χ0n) is 12.4. The number of allylic oxidation sites excluding steroid dienone is 3. The molecule has 0 saturated carbocycles. The van der Waals surface area contributed by atoms with E-state index in [2.05, 4.69) is 6.58 Å². The van der Waals surface area contributed by atoms with E-state index in [4.69, 9.17) is 23.2 Å². The van der Waals surface area contributed by atoms with Crippen LogP contribution in [0.5, 0.6) is 5.75 Å². The zero-order chi connectivity index (χ0) is 17.0. The van der Waals surface area contributed by atoms with Crippen molar-refractivity contribution >= 4 is 35.0 Å². The molecule has 3 unspecified atom stereocenters. The van der Waals surface area contributed by atoms with Crippen LogP contribution in [0.25, 0.3) is 0 Å². The van der Waals surface area contributed by atoms with Crippen LogP contribution in [0.1, 0.15) is 17.9 Å². The molecule has 23 heavy (non-hydrogen) atoms. The Labute approximate surface area is 144 Å². The summed E-state index contributed by atoms with van der Waals surface area (Å²) in [5.41, 5.74) is 1.42.